The van der Waals surface area contributed by atoms with Crippen LogP contribution in [0.2, 0.25) is 0 Å². The van der Waals surface area contributed by atoms with Gasteiger partial charge in [-0.2, -0.15) is 0 Å². The number of rotatable bonds is 6. The molecule has 1 saturated heterocycles. The van der Waals surface area contributed by atoms with Crippen LogP contribution in [0.15, 0.2) is 53.9 Å². The SMILES string of the molecule is C[C@@H](NCC1CC[C@H](c2ccc(C(=O)N3CCC(O)CC3)cc2)C1)c1csc2ccccc12. The summed E-state index contributed by atoms with van der Waals surface area (Å²) in [4.78, 5) is 14.6. The van der Waals surface area contributed by atoms with Crippen molar-refractivity contribution < 1.29 is 9.90 Å². The van der Waals surface area contributed by atoms with Gasteiger partial charge in [-0.05, 0) is 97.5 Å². The van der Waals surface area contributed by atoms with Gasteiger partial charge in [0.05, 0.1) is 6.10 Å². The molecule has 1 saturated carbocycles. The molecule has 2 fully saturated rings. The Morgan fingerprint density at radius 1 is 1.09 bits per heavy atom. The van der Waals surface area contributed by atoms with E-state index < -0.39 is 0 Å². The van der Waals surface area contributed by atoms with Gasteiger partial charge < -0.3 is 15.3 Å². The second-order valence-electron chi connectivity index (χ2n) is 9.84. The molecule has 0 radical (unpaired) electrons. The smallest absolute Gasteiger partial charge is 0.253 e. The maximum Gasteiger partial charge on any atom is 0.253 e. The number of likely N-dealkylation sites (tertiary alicyclic amines) is 1. The summed E-state index contributed by atoms with van der Waals surface area (Å²) in [5.74, 6) is 1.38. The molecular formula is C28H34N2O2S. The number of aliphatic hydroxyl groups is 1. The monoisotopic (exact) mass is 462 g/mol. The Morgan fingerprint density at radius 2 is 1.85 bits per heavy atom. The largest absolute Gasteiger partial charge is 0.393 e. The molecule has 1 aromatic heterocycles. The molecule has 2 N–H and O–H groups in total. The second-order valence-corrected chi connectivity index (χ2v) is 10.7. The van der Waals surface area contributed by atoms with Crippen molar-refractivity contribution in [2.24, 2.45) is 5.92 Å². The molecule has 174 valence electrons. The zero-order valence-corrected chi connectivity index (χ0v) is 20.2. The summed E-state index contributed by atoms with van der Waals surface area (Å²) < 4.78 is 1.36. The fraction of sp³-hybridized carbons (Fsp3) is 0.464. The van der Waals surface area contributed by atoms with Crippen molar-refractivity contribution in [3.8, 4) is 0 Å². The Kier molecular flexibility index (Phi) is 6.81. The summed E-state index contributed by atoms with van der Waals surface area (Å²) in [5, 5.41) is 17.1. The minimum Gasteiger partial charge on any atom is -0.393 e. The normalized spacial score (nSPS) is 22.7. The lowest BCUT2D eigenvalue weighted by Crippen LogP contribution is -2.40. The average Bonchev–Trinajstić information content (AvgIpc) is 3.50. The zero-order chi connectivity index (χ0) is 22.8. The molecule has 2 aliphatic rings. The highest BCUT2D eigenvalue weighted by Crippen LogP contribution is 2.38. The van der Waals surface area contributed by atoms with Gasteiger partial charge in [-0.1, -0.05) is 30.3 Å². The van der Waals surface area contributed by atoms with E-state index in [0.29, 0.717) is 43.8 Å². The van der Waals surface area contributed by atoms with Gasteiger partial charge in [-0.3, -0.25) is 4.79 Å². The van der Waals surface area contributed by atoms with Crippen LogP contribution in [0.4, 0.5) is 0 Å². The molecule has 1 amide bonds. The van der Waals surface area contributed by atoms with E-state index in [9.17, 15) is 9.90 Å². The van der Waals surface area contributed by atoms with E-state index in [1.54, 1.807) is 0 Å². The standard InChI is InChI=1S/C28H34N2O2S/c1-19(26-18-33-27-5-3-2-4-25(26)27)29-17-20-6-7-23(16-20)21-8-10-22(11-9-21)28(32)30-14-12-24(31)13-15-30/h2-5,8-11,18-20,23-24,29,31H,6-7,12-17H2,1H3/t19-,20?,23+/m1/s1. The van der Waals surface area contributed by atoms with Gasteiger partial charge in [0.25, 0.3) is 5.91 Å². The van der Waals surface area contributed by atoms with Crippen LogP contribution in [0.25, 0.3) is 10.1 Å². The van der Waals surface area contributed by atoms with Gasteiger partial charge in [0.2, 0.25) is 0 Å². The summed E-state index contributed by atoms with van der Waals surface area (Å²) in [6.07, 6.45) is 4.80. The summed E-state index contributed by atoms with van der Waals surface area (Å²) in [6, 6.07) is 17.3. The van der Waals surface area contributed by atoms with E-state index in [0.717, 1.165) is 12.1 Å². The third-order valence-corrected chi connectivity index (χ3v) is 8.59. The lowest BCUT2D eigenvalue weighted by atomic mass is 9.95. The van der Waals surface area contributed by atoms with Crippen LogP contribution in [0.5, 0.6) is 0 Å². The maximum atomic E-state index is 12.8. The molecule has 33 heavy (non-hydrogen) atoms. The molecule has 4 nitrogen and oxygen atoms in total. The number of hydrogen-bond donors (Lipinski definition) is 2. The topological polar surface area (TPSA) is 52.6 Å². The van der Waals surface area contributed by atoms with Crippen molar-refractivity contribution >= 4 is 27.3 Å². The molecule has 3 aromatic rings. The lowest BCUT2D eigenvalue weighted by Gasteiger charge is -2.29. The maximum absolute atomic E-state index is 12.8. The first-order chi connectivity index (χ1) is 16.1. The number of hydrogen-bond acceptors (Lipinski definition) is 4. The molecule has 1 aliphatic carbocycles. The fourth-order valence-corrected chi connectivity index (χ4v) is 6.55. The molecule has 5 heteroatoms. The first-order valence-electron chi connectivity index (χ1n) is 12.4. The number of amides is 1. The average molecular weight is 463 g/mol. The number of benzene rings is 2. The molecule has 1 aliphatic heterocycles. The Bertz CT molecular complexity index is 1080. The number of carbonyl (C=O) groups excluding carboxylic acids is 1. The predicted molar refractivity (Wildman–Crippen MR) is 136 cm³/mol. The van der Waals surface area contributed by atoms with E-state index in [1.165, 1.54) is 40.5 Å². The van der Waals surface area contributed by atoms with E-state index in [2.05, 4.69) is 54.0 Å². The van der Waals surface area contributed by atoms with Crippen molar-refractivity contribution in [1.29, 1.82) is 0 Å². The molecule has 0 spiro atoms. The summed E-state index contributed by atoms with van der Waals surface area (Å²) in [7, 11) is 0. The van der Waals surface area contributed by atoms with Crippen LogP contribution in [0, 0.1) is 5.92 Å². The van der Waals surface area contributed by atoms with Crippen LogP contribution in [0.3, 0.4) is 0 Å². The number of piperidine rings is 1. The van der Waals surface area contributed by atoms with Crippen molar-refractivity contribution in [3.63, 3.8) is 0 Å². The van der Waals surface area contributed by atoms with Crippen molar-refractivity contribution in [2.75, 3.05) is 19.6 Å². The Morgan fingerprint density at radius 3 is 2.64 bits per heavy atom. The second kappa shape index (κ2) is 9.96. The van der Waals surface area contributed by atoms with Gasteiger partial charge in [-0.25, -0.2) is 0 Å². The van der Waals surface area contributed by atoms with E-state index in [4.69, 9.17) is 0 Å². The van der Waals surface area contributed by atoms with Gasteiger partial charge >= 0.3 is 0 Å². The number of nitrogens with zero attached hydrogens (tertiary/aromatic N) is 1. The summed E-state index contributed by atoms with van der Waals surface area (Å²) in [6.45, 7) is 4.64. The zero-order valence-electron chi connectivity index (χ0n) is 19.4. The highest BCUT2D eigenvalue weighted by Gasteiger charge is 2.27. The minimum absolute atomic E-state index is 0.0943. The quantitative estimate of drug-likeness (QED) is 0.492. The fourth-order valence-electron chi connectivity index (χ4n) is 5.50. The first kappa shape index (κ1) is 22.6. The van der Waals surface area contributed by atoms with E-state index in [1.807, 2.05) is 28.4 Å². The number of aliphatic hydroxyl groups excluding tert-OH is 1. The van der Waals surface area contributed by atoms with Gasteiger partial charge in [-0.15, -0.1) is 11.3 Å². The molecule has 2 aromatic carbocycles. The molecule has 3 atom stereocenters. The number of nitrogens with one attached hydrogen (secondary N) is 1. The van der Waals surface area contributed by atoms with Crippen molar-refractivity contribution in [2.45, 2.75) is 57.1 Å². The van der Waals surface area contributed by atoms with Crippen LogP contribution < -0.4 is 5.32 Å². The number of carbonyl (C=O) groups is 1. The van der Waals surface area contributed by atoms with Crippen LogP contribution >= 0.6 is 11.3 Å². The third kappa shape index (κ3) is 5.01. The third-order valence-electron chi connectivity index (χ3n) is 7.61. The van der Waals surface area contributed by atoms with Crippen molar-refractivity contribution in [1.82, 2.24) is 10.2 Å². The van der Waals surface area contributed by atoms with Crippen LogP contribution in [-0.4, -0.2) is 41.7 Å². The summed E-state index contributed by atoms with van der Waals surface area (Å²) in [5.41, 5.74) is 3.54. The minimum atomic E-state index is -0.256. The molecular weight excluding hydrogens is 428 g/mol. The number of thiophene rings is 1. The van der Waals surface area contributed by atoms with Crippen LogP contribution in [0.1, 0.15) is 72.5 Å². The molecule has 0 bridgehead atoms. The van der Waals surface area contributed by atoms with Gasteiger partial charge in [0.1, 0.15) is 0 Å². The van der Waals surface area contributed by atoms with Crippen LogP contribution in [-0.2, 0) is 0 Å². The Hall–Kier alpha value is -2.21. The Labute approximate surface area is 200 Å². The van der Waals surface area contributed by atoms with Gasteiger partial charge in [0.15, 0.2) is 0 Å². The molecule has 5 rings (SSSR count). The Balaban J connectivity index is 1.14. The first-order valence-corrected chi connectivity index (χ1v) is 13.2. The summed E-state index contributed by atoms with van der Waals surface area (Å²) >= 11 is 1.83. The molecule has 1 unspecified atom stereocenters. The van der Waals surface area contributed by atoms with Crippen molar-refractivity contribution in [3.05, 3.63) is 70.6 Å². The van der Waals surface area contributed by atoms with E-state index in [-0.39, 0.29) is 12.0 Å². The number of fused-ring (bicyclic) bond motifs is 1. The highest BCUT2D eigenvalue weighted by atomic mass is 32.1. The van der Waals surface area contributed by atoms with Gasteiger partial charge in [0, 0.05) is 29.4 Å². The lowest BCUT2D eigenvalue weighted by molar-refractivity contribution is 0.0546. The molecule has 2 heterocycles. The van der Waals surface area contributed by atoms with E-state index >= 15 is 0 Å². The predicted octanol–water partition coefficient (Wildman–Crippen LogP) is 5.73. The highest BCUT2D eigenvalue weighted by molar-refractivity contribution is 7.17.